The third-order valence-electron chi connectivity index (χ3n) is 5.56. The fourth-order valence-electron chi connectivity index (χ4n) is 3.79. The number of hydrogen-bond donors (Lipinski definition) is 1. The lowest BCUT2D eigenvalue weighted by Gasteiger charge is -2.35. The van der Waals surface area contributed by atoms with E-state index < -0.39 is 16.1 Å². The number of benzene rings is 2. The Bertz CT molecular complexity index is 1170. The number of amides is 2. The molecule has 0 saturated carbocycles. The number of rotatable bonds is 4. The molecule has 32 heavy (non-hydrogen) atoms. The van der Waals surface area contributed by atoms with Gasteiger partial charge in [0.05, 0.1) is 12.0 Å². The first-order valence-electron chi connectivity index (χ1n) is 10.2. The first kappa shape index (κ1) is 21.8. The molecule has 1 fully saturated rings. The van der Waals surface area contributed by atoms with E-state index in [4.69, 9.17) is 4.74 Å². The Balaban J connectivity index is 1.39. The molecule has 0 radical (unpaired) electrons. The maximum absolute atomic E-state index is 12.9. The second-order valence-electron chi connectivity index (χ2n) is 7.60. The monoisotopic (exact) mass is 456 g/mol. The summed E-state index contributed by atoms with van der Waals surface area (Å²) in [4.78, 5) is 33.5. The van der Waals surface area contributed by atoms with Crippen LogP contribution in [0.25, 0.3) is 0 Å². The molecule has 0 aliphatic carbocycles. The number of ether oxygens (including phenoxy) is 1. The molecule has 0 aromatic heterocycles. The summed E-state index contributed by atoms with van der Waals surface area (Å²) in [6, 6.07) is 12.7. The van der Waals surface area contributed by atoms with Crippen molar-refractivity contribution < 1.29 is 22.7 Å². The Morgan fingerprint density at radius 1 is 1.00 bits per heavy atom. The van der Waals surface area contributed by atoms with Crippen molar-refractivity contribution >= 4 is 27.7 Å². The molecular weight excluding hydrogens is 432 g/mol. The van der Waals surface area contributed by atoms with Crippen molar-refractivity contribution in [2.75, 3.05) is 33.3 Å². The molecule has 2 aliphatic heterocycles. The number of nitrogens with zero attached hydrogens (tertiary/aromatic N) is 3. The number of sulfonamides is 1. The Kier molecular flexibility index (Phi) is 5.88. The van der Waals surface area contributed by atoms with Crippen LogP contribution in [0.4, 0.5) is 0 Å². The summed E-state index contributed by atoms with van der Waals surface area (Å²) in [6.07, 6.45) is 0. The first-order valence-corrected chi connectivity index (χ1v) is 11.7. The normalized spacial score (nSPS) is 19.2. The molecular formula is C22H24N4O5S. The van der Waals surface area contributed by atoms with Gasteiger partial charge in [0.15, 0.2) is 0 Å². The van der Waals surface area contributed by atoms with Gasteiger partial charge in [0.2, 0.25) is 5.91 Å². The van der Waals surface area contributed by atoms with E-state index in [1.165, 1.54) is 6.07 Å². The minimum absolute atomic E-state index is 0.0926. The van der Waals surface area contributed by atoms with Gasteiger partial charge in [-0.15, -0.1) is 0 Å². The molecule has 0 unspecified atom stereocenters. The van der Waals surface area contributed by atoms with Gasteiger partial charge >= 0.3 is 0 Å². The maximum Gasteiger partial charge on any atom is 0.263 e. The molecule has 10 heteroatoms. The van der Waals surface area contributed by atoms with Crippen LogP contribution in [-0.4, -0.2) is 75.2 Å². The van der Waals surface area contributed by atoms with E-state index in [9.17, 15) is 18.0 Å². The van der Waals surface area contributed by atoms with E-state index in [0.717, 1.165) is 0 Å². The van der Waals surface area contributed by atoms with Gasteiger partial charge in [0.25, 0.3) is 15.9 Å². The van der Waals surface area contributed by atoms with E-state index in [-0.39, 0.29) is 22.5 Å². The van der Waals surface area contributed by atoms with Crippen LogP contribution in [0.1, 0.15) is 22.8 Å². The van der Waals surface area contributed by atoms with Crippen LogP contribution >= 0.6 is 0 Å². The predicted molar refractivity (Wildman–Crippen MR) is 118 cm³/mol. The number of fused-ring (bicyclic) bond motifs is 1. The van der Waals surface area contributed by atoms with Gasteiger partial charge in [-0.2, -0.15) is 0 Å². The van der Waals surface area contributed by atoms with Crippen molar-refractivity contribution in [2.24, 2.45) is 4.99 Å². The summed E-state index contributed by atoms with van der Waals surface area (Å²) in [5.41, 5.74) is 1.03. The van der Waals surface area contributed by atoms with Gasteiger partial charge in [0, 0.05) is 37.3 Å². The van der Waals surface area contributed by atoms with Gasteiger partial charge in [0.1, 0.15) is 17.6 Å². The number of piperazine rings is 1. The predicted octanol–water partition coefficient (Wildman–Crippen LogP) is 1.11. The van der Waals surface area contributed by atoms with E-state index in [1.807, 2.05) is 0 Å². The molecule has 4 rings (SSSR count). The maximum atomic E-state index is 12.9. The fraction of sp³-hybridized carbons (Fsp3) is 0.318. The van der Waals surface area contributed by atoms with Crippen molar-refractivity contribution in [1.29, 1.82) is 0 Å². The molecule has 2 heterocycles. The summed E-state index contributed by atoms with van der Waals surface area (Å²) in [5, 5.41) is 0. The molecule has 9 nitrogen and oxygen atoms in total. The third-order valence-corrected chi connectivity index (χ3v) is 6.96. The second kappa shape index (κ2) is 8.62. The Morgan fingerprint density at radius 2 is 1.62 bits per heavy atom. The van der Waals surface area contributed by atoms with Gasteiger partial charge in [-0.1, -0.05) is 12.1 Å². The fourth-order valence-corrected chi connectivity index (χ4v) is 5.03. The lowest BCUT2D eigenvalue weighted by Crippen LogP contribution is -2.52. The quantitative estimate of drug-likeness (QED) is 0.741. The number of hydrogen-bond acceptors (Lipinski definition) is 6. The van der Waals surface area contributed by atoms with Crippen LogP contribution in [0.3, 0.4) is 0 Å². The number of nitrogens with one attached hydrogen (secondary N) is 1. The largest absolute Gasteiger partial charge is 0.497 e. The standard InChI is InChI=1S/C22H24N4O5S/c1-15(23-20-18-5-3-4-6-19(18)32(29,30)24-20)21(27)25-11-13-26(14-12-25)22(28)16-7-9-17(31-2)10-8-16/h3-10,15H,11-14H2,1-2H3,(H,23,24)/t15-/m0/s1. The van der Waals surface area contributed by atoms with Crippen LogP contribution in [0.5, 0.6) is 5.75 Å². The van der Waals surface area contributed by atoms with Crippen molar-refractivity contribution in [1.82, 2.24) is 14.5 Å². The zero-order valence-electron chi connectivity index (χ0n) is 17.8. The number of carbonyl (C=O) groups is 2. The highest BCUT2D eigenvalue weighted by atomic mass is 32.2. The third kappa shape index (κ3) is 4.18. The smallest absolute Gasteiger partial charge is 0.263 e. The van der Waals surface area contributed by atoms with Gasteiger partial charge in [-0.3, -0.25) is 19.3 Å². The molecule has 1 saturated heterocycles. The number of aliphatic imine (C=N–C) groups is 1. The summed E-state index contributed by atoms with van der Waals surface area (Å²) in [6.45, 7) is 3.24. The number of methoxy groups -OCH3 is 1. The van der Waals surface area contributed by atoms with E-state index >= 15 is 0 Å². The second-order valence-corrected chi connectivity index (χ2v) is 9.25. The highest BCUT2D eigenvalue weighted by Crippen LogP contribution is 2.23. The highest BCUT2D eigenvalue weighted by molar-refractivity contribution is 7.90. The Hall–Kier alpha value is -3.40. The summed E-state index contributed by atoms with van der Waals surface area (Å²) in [7, 11) is -2.09. The van der Waals surface area contributed by atoms with E-state index in [0.29, 0.717) is 43.1 Å². The molecule has 2 aromatic rings. The van der Waals surface area contributed by atoms with Gasteiger partial charge in [-0.25, -0.2) is 8.42 Å². The Morgan fingerprint density at radius 3 is 2.28 bits per heavy atom. The Labute approximate surface area is 186 Å². The minimum Gasteiger partial charge on any atom is -0.497 e. The van der Waals surface area contributed by atoms with Crippen LogP contribution in [-0.2, 0) is 14.8 Å². The lowest BCUT2D eigenvalue weighted by molar-refractivity contribution is -0.133. The molecule has 0 spiro atoms. The average molecular weight is 457 g/mol. The number of carbonyl (C=O) groups excluding carboxylic acids is 2. The van der Waals surface area contributed by atoms with E-state index in [1.54, 1.807) is 66.3 Å². The summed E-state index contributed by atoms with van der Waals surface area (Å²) < 4.78 is 32.0. The lowest BCUT2D eigenvalue weighted by atomic mass is 10.1. The van der Waals surface area contributed by atoms with Crippen LogP contribution in [0.2, 0.25) is 0 Å². The molecule has 1 atom stereocenters. The molecule has 2 amide bonds. The topological polar surface area (TPSA) is 108 Å². The highest BCUT2D eigenvalue weighted by Gasteiger charge is 2.32. The van der Waals surface area contributed by atoms with Crippen molar-refractivity contribution in [2.45, 2.75) is 17.9 Å². The average Bonchev–Trinajstić information content (AvgIpc) is 3.08. The summed E-state index contributed by atoms with van der Waals surface area (Å²) >= 11 is 0. The molecule has 2 aromatic carbocycles. The van der Waals surface area contributed by atoms with Gasteiger partial charge < -0.3 is 14.5 Å². The van der Waals surface area contributed by atoms with Crippen LogP contribution < -0.4 is 9.46 Å². The zero-order chi connectivity index (χ0) is 22.9. The van der Waals surface area contributed by atoms with Gasteiger partial charge in [-0.05, 0) is 43.3 Å². The van der Waals surface area contributed by atoms with Crippen LogP contribution in [0, 0.1) is 0 Å². The molecule has 2 aliphatic rings. The summed E-state index contributed by atoms with van der Waals surface area (Å²) in [5.74, 6) is 0.553. The zero-order valence-corrected chi connectivity index (χ0v) is 18.6. The first-order chi connectivity index (χ1) is 15.3. The number of amidine groups is 1. The van der Waals surface area contributed by atoms with Crippen molar-refractivity contribution in [3.8, 4) is 5.75 Å². The molecule has 168 valence electrons. The van der Waals surface area contributed by atoms with Crippen molar-refractivity contribution in [3.05, 3.63) is 59.7 Å². The minimum atomic E-state index is -3.66. The van der Waals surface area contributed by atoms with Crippen LogP contribution in [0.15, 0.2) is 58.4 Å². The van der Waals surface area contributed by atoms with Crippen molar-refractivity contribution in [3.63, 3.8) is 0 Å². The van der Waals surface area contributed by atoms with E-state index in [2.05, 4.69) is 9.71 Å². The molecule has 1 N–H and O–H groups in total. The molecule has 0 bridgehead atoms. The SMILES string of the molecule is COc1ccc(C(=O)N2CCN(C(=O)[C@H](C)N=C3NS(=O)(=O)c4ccccc43)CC2)cc1.